The van der Waals surface area contributed by atoms with Crippen molar-refractivity contribution in [3.05, 3.63) is 58.4 Å². The molecular formula is C20H21ClN2O5S. The summed E-state index contributed by atoms with van der Waals surface area (Å²) in [4.78, 5) is 16.3. The fourth-order valence-corrected chi connectivity index (χ4v) is 4.15. The SMILES string of the molecule is COC(=O)c1cc(S(=O)(=O)NCCc2nc3cc(Cl)ccc3o2)ccc1C(C)C. The van der Waals surface area contributed by atoms with E-state index in [1.807, 2.05) is 13.8 Å². The molecule has 0 saturated heterocycles. The van der Waals surface area contributed by atoms with Crippen molar-refractivity contribution in [3.63, 3.8) is 0 Å². The molecule has 0 radical (unpaired) electrons. The van der Waals surface area contributed by atoms with Crippen molar-refractivity contribution >= 4 is 38.7 Å². The Kier molecular flexibility index (Phi) is 6.26. The maximum Gasteiger partial charge on any atom is 0.338 e. The summed E-state index contributed by atoms with van der Waals surface area (Å²) in [5.74, 6) is -0.132. The highest BCUT2D eigenvalue weighted by molar-refractivity contribution is 7.89. The van der Waals surface area contributed by atoms with Crippen LogP contribution in [0.2, 0.25) is 5.02 Å². The molecule has 1 aromatic heterocycles. The Hall–Kier alpha value is -2.42. The lowest BCUT2D eigenvalue weighted by Gasteiger charge is -2.13. The van der Waals surface area contributed by atoms with Gasteiger partial charge in [0.1, 0.15) is 5.52 Å². The smallest absolute Gasteiger partial charge is 0.338 e. The van der Waals surface area contributed by atoms with Crippen LogP contribution in [0.3, 0.4) is 0 Å². The minimum absolute atomic E-state index is 0.00773. The number of fused-ring (bicyclic) bond motifs is 1. The van der Waals surface area contributed by atoms with E-state index in [2.05, 4.69) is 9.71 Å². The zero-order valence-corrected chi connectivity index (χ0v) is 17.8. The van der Waals surface area contributed by atoms with Gasteiger partial charge in [-0.05, 0) is 41.8 Å². The third kappa shape index (κ3) is 4.77. The van der Waals surface area contributed by atoms with E-state index < -0.39 is 16.0 Å². The summed E-state index contributed by atoms with van der Waals surface area (Å²) in [5.41, 5.74) is 2.16. The maximum atomic E-state index is 12.7. The average Bonchev–Trinajstić information content (AvgIpc) is 3.08. The van der Waals surface area contributed by atoms with Gasteiger partial charge in [0.15, 0.2) is 11.5 Å². The minimum Gasteiger partial charge on any atom is -0.465 e. The van der Waals surface area contributed by atoms with Crippen LogP contribution in [0.4, 0.5) is 0 Å². The van der Waals surface area contributed by atoms with E-state index in [9.17, 15) is 13.2 Å². The van der Waals surface area contributed by atoms with E-state index in [0.717, 1.165) is 5.56 Å². The second kappa shape index (κ2) is 8.52. The van der Waals surface area contributed by atoms with Crippen LogP contribution in [0, 0.1) is 0 Å². The van der Waals surface area contributed by atoms with E-state index in [1.54, 1.807) is 24.3 Å². The molecule has 29 heavy (non-hydrogen) atoms. The largest absolute Gasteiger partial charge is 0.465 e. The number of carbonyl (C=O) groups excluding carboxylic acids is 1. The number of rotatable bonds is 7. The van der Waals surface area contributed by atoms with Gasteiger partial charge in [0, 0.05) is 18.0 Å². The van der Waals surface area contributed by atoms with Crippen LogP contribution in [0.1, 0.15) is 41.6 Å². The number of nitrogens with one attached hydrogen (secondary N) is 1. The van der Waals surface area contributed by atoms with Crippen LogP contribution < -0.4 is 4.72 Å². The number of ether oxygens (including phenoxy) is 1. The van der Waals surface area contributed by atoms with Crippen molar-refractivity contribution in [3.8, 4) is 0 Å². The number of methoxy groups -OCH3 is 1. The number of benzene rings is 2. The lowest BCUT2D eigenvalue weighted by molar-refractivity contribution is 0.0598. The van der Waals surface area contributed by atoms with E-state index in [0.29, 0.717) is 22.0 Å². The number of esters is 1. The summed E-state index contributed by atoms with van der Waals surface area (Å²) in [6, 6.07) is 9.54. The number of carbonyl (C=O) groups is 1. The van der Waals surface area contributed by atoms with Crippen LogP contribution in [0.25, 0.3) is 11.1 Å². The molecule has 0 fully saturated rings. The van der Waals surface area contributed by atoms with Gasteiger partial charge in [-0.25, -0.2) is 22.9 Å². The molecule has 2 aromatic carbocycles. The third-order valence-corrected chi connectivity index (χ3v) is 6.08. The van der Waals surface area contributed by atoms with E-state index in [1.165, 1.54) is 19.2 Å². The van der Waals surface area contributed by atoms with Gasteiger partial charge in [-0.2, -0.15) is 0 Å². The second-order valence-corrected chi connectivity index (χ2v) is 8.97. The molecule has 0 aliphatic carbocycles. The van der Waals surface area contributed by atoms with Gasteiger partial charge in [-0.3, -0.25) is 0 Å². The van der Waals surface area contributed by atoms with Crippen LogP contribution in [-0.2, 0) is 21.2 Å². The van der Waals surface area contributed by atoms with Crippen LogP contribution in [-0.4, -0.2) is 33.0 Å². The summed E-state index contributed by atoms with van der Waals surface area (Å²) < 4.78 is 38.2. The Morgan fingerprint density at radius 1 is 1.24 bits per heavy atom. The van der Waals surface area contributed by atoms with Crippen molar-refractivity contribution < 1.29 is 22.4 Å². The van der Waals surface area contributed by atoms with Crippen LogP contribution in [0.5, 0.6) is 0 Å². The van der Waals surface area contributed by atoms with E-state index in [4.69, 9.17) is 20.8 Å². The zero-order chi connectivity index (χ0) is 21.2. The Bertz CT molecular complexity index is 1150. The molecule has 1 heterocycles. The Morgan fingerprint density at radius 2 is 2.00 bits per heavy atom. The highest BCUT2D eigenvalue weighted by Gasteiger charge is 2.21. The summed E-state index contributed by atoms with van der Waals surface area (Å²) in [7, 11) is -2.56. The summed E-state index contributed by atoms with van der Waals surface area (Å²) in [6.45, 7) is 3.92. The molecule has 0 saturated carbocycles. The molecule has 3 aromatic rings. The molecule has 0 bridgehead atoms. The van der Waals surface area contributed by atoms with Gasteiger partial charge in [0.05, 0.1) is 17.6 Å². The molecular weight excluding hydrogens is 416 g/mol. The molecule has 9 heteroatoms. The first-order valence-corrected chi connectivity index (χ1v) is 10.8. The highest BCUT2D eigenvalue weighted by Crippen LogP contribution is 2.24. The average molecular weight is 437 g/mol. The molecule has 0 atom stereocenters. The van der Waals surface area contributed by atoms with Gasteiger partial charge >= 0.3 is 5.97 Å². The number of hydrogen-bond acceptors (Lipinski definition) is 6. The number of oxazole rings is 1. The normalized spacial score (nSPS) is 11.9. The standard InChI is InChI=1S/C20H21ClN2O5S/c1-12(2)15-6-5-14(11-16(15)20(24)27-3)29(25,26)22-9-8-19-23-17-10-13(21)4-7-18(17)28-19/h4-7,10-12,22H,8-9H2,1-3H3. The minimum atomic E-state index is -3.82. The molecule has 0 spiro atoms. The number of aromatic nitrogens is 1. The molecule has 3 rings (SSSR count). The monoisotopic (exact) mass is 436 g/mol. The van der Waals surface area contributed by atoms with Gasteiger partial charge in [-0.1, -0.05) is 31.5 Å². The first kappa shape index (κ1) is 21.3. The van der Waals surface area contributed by atoms with Crippen molar-refractivity contribution in [2.75, 3.05) is 13.7 Å². The molecule has 1 N–H and O–H groups in total. The lowest BCUT2D eigenvalue weighted by Crippen LogP contribution is -2.26. The molecule has 0 aliphatic rings. The fraction of sp³-hybridized carbons (Fsp3) is 0.300. The summed E-state index contributed by atoms with van der Waals surface area (Å²) in [5, 5.41) is 0.546. The zero-order valence-electron chi connectivity index (χ0n) is 16.2. The third-order valence-electron chi connectivity index (χ3n) is 4.39. The van der Waals surface area contributed by atoms with Crippen LogP contribution in [0.15, 0.2) is 45.7 Å². The first-order chi connectivity index (χ1) is 13.7. The number of hydrogen-bond donors (Lipinski definition) is 1. The Balaban J connectivity index is 1.75. The Labute approximate surface area is 174 Å². The number of nitrogens with zero attached hydrogens (tertiary/aromatic N) is 1. The highest BCUT2D eigenvalue weighted by atomic mass is 35.5. The summed E-state index contributed by atoms with van der Waals surface area (Å²) in [6.07, 6.45) is 0.263. The first-order valence-electron chi connectivity index (χ1n) is 8.98. The maximum absolute atomic E-state index is 12.7. The van der Waals surface area contributed by atoms with Gasteiger partial charge in [-0.15, -0.1) is 0 Å². The second-order valence-electron chi connectivity index (χ2n) is 6.76. The predicted octanol–water partition coefficient (Wildman–Crippen LogP) is 3.91. The molecule has 0 unspecified atom stereocenters. The van der Waals surface area contributed by atoms with Crippen molar-refractivity contribution in [1.82, 2.24) is 9.71 Å². The van der Waals surface area contributed by atoms with Crippen LogP contribution >= 0.6 is 11.6 Å². The van der Waals surface area contributed by atoms with Gasteiger partial charge in [0.25, 0.3) is 0 Å². The number of sulfonamides is 1. The van der Waals surface area contributed by atoms with Gasteiger partial charge < -0.3 is 9.15 Å². The molecule has 154 valence electrons. The fourth-order valence-electron chi connectivity index (χ4n) is 2.92. The van der Waals surface area contributed by atoms with E-state index >= 15 is 0 Å². The quantitative estimate of drug-likeness (QED) is 0.564. The topological polar surface area (TPSA) is 98.5 Å². The van der Waals surface area contributed by atoms with Crippen molar-refractivity contribution in [2.45, 2.75) is 31.1 Å². The molecule has 0 aliphatic heterocycles. The lowest BCUT2D eigenvalue weighted by atomic mass is 9.97. The number of halogens is 1. The Morgan fingerprint density at radius 3 is 2.69 bits per heavy atom. The molecule has 7 nitrogen and oxygen atoms in total. The predicted molar refractivity (Wildman–Crippen MR) is 110 cm³/mol. The summed E-state index contributed by atoms with van der Waals surface area (Å²) >= 11 is 5.93. The van der Waals surface area contributed by atoms with Crippen molar-refractivity contribution in [1.29, 1.82) is 0 Å². The molecule has 0 amide bonds. The van der Waals surface area contributed by atoms with Crippen molar-refractivity contribution in [2.24, 2.45) is 0 Å². The van der Waals surface area contributed by atoms with E-state index in [-0.39, 0.29) is 29.3 Å². The van der Waals surface area contributed by atoms with Gasteiger partial charge in [0.2, 0.25) is 10.0 Å².